The van der Waals surface area contributed by atoms with Crippen LogP contribution in [0.4, 0.5) is 0 Å². The van der Waals surface area contributed by atoms with Crippen molar-refractivity contribution < 1.29 is 19.2 Å². The van der Waals surface area contributed by atoms with E-state index in [0.717, 1.165) is 37.8 Å². The standard InChI is InChI=1S/C36H57N5O4/c1-24(2)30(22-26(5)34(44)41-21-15-19-28(41)32(42)37-23-27-16-11-10-12-17-27)39(9)35(45)31(36(6,7)8)38-33(43)29-18-13-14-20-40(29)25(3)4/h10-12,16-17,22,24-25,28-31H,13-15,18-21,23H2,1-9H3,(H,37,42)(H,38,43)/b26-22+/t28-,29+,30+,31+/m0/s1. The Bertz CT molecular complexity index is 1210. The Labute approximate surface area is 271 Å². The zero-order valence-corrected chi connectivity index (χ0v) is 29.1. The summed E-state index contributed by atoms with van der Waals surface area (Å²) >= 11 is 0. The molecule has 0 saturated carbocycles. The number of benzene rings is 1. The lowest BCUT2D eigenvalue weighted by Gasteiger charge is -2.41. The molecule has 0 aliphatic carbocycles. The molecule has 2 fully saturated rings. The molecule has 2 aliphatic heterocycles. The summed E-state index contributed by atoms with van der Waals surface area (Å²) in [6.45, 7) is 17.7. The zero-order valence-electron chi connectivity index (χ0n) is 29.1. The minimum absolute atomic E-state index is 0.0105. The first-order valence-corrected chi connectivity index (χ1v) is 16.8. The van der Waals surface area contributed by atoms with Gasteiger partial charge < -0.3 is 20.4 Å². The van der Waals surface area contributed by atoms with E-state index in [2.05, 4.69) is 29.4 Å². The molecule has 4 atom stereocenters. The summed E-state index contributed by atoms with van der Waals surface area (Å²) in [7, 11) is 1.75. The maximum Gasteiger partial charge on any atom is 0.249 e. The number of amides is 4. The number of hydrogen-bond acceptors (Lipinski definition) is 5. The maximum atomic E-state index is 14.1. The van der Waals surface area contributed by atoms with E-state index in [0.29, 0.717) is 25.1 Å². The van der Waals surface area contributed by atoms with Crippen molar-refractivity contribution in [2.45, 2.75) is 124 Å². The van der Waals surface area contributed by atoms with Crippen LogP contribution in [-0.2, 0) is 25.7 Å². The normalized spacial score (nSPS) is 21.0. The van der Waals surface area contributed by atoms with Crippen LogP contribution >= 0.6 is 0 Å². The Hall–Kier alpha value is -3.20. The van der Waals surface area contributed by atoms with Gasteiger partial charge in [-0.15, -0.1) is 0 Å². The number of likely N-dealkylation sites (N-methyl/N-ethyl adjacent to an activating group) is 1. The molecule has 1 aromatic rings. The van der Waals surface area contributed by atoms with Crippen LogP contribution < -0.4 is 10.6 Å². The van der Waals surface area contributed by atoms with Crippen LogP contribution in [0.3, 0.4) is 0 Å². The van der Waals surface area contributed by atoms with Crippen LogP contribution in [0.15, 0.2) is 42.0 Å². The third-order valence-corrected chi connectivity index (χ3v) is 9.27. The van der Waals surface area contributed by atoms with E-state index in [9.17, 15) is 19.2 Å². The summed E-state index contributed by atoms with van der Waals surface area (Å²) in [6.07, 6.45) is 6.08. The number of carbonyl (C=O) groups excluding carboxylic acids is 4. The number of rotatable bonds is 11. The predicted octanol–water partition coefficient (Wildman–Crippen LogP) is 4.52. The Kier molecular flexibility index (Phi) is 12.8. The number of likely N-dealkylation sites (tertiary alicyclic amines) is 2. The van der Waals surface area contributed by atoms with E-state index in [1.807, 2.05) is 71.0 Å². The van der Waals surface area contributed by atoms with Crippen molar-refractivity contribution in [2.24, 2.45) is 11.3 Å². The fourth-order valence-corrected chi connectivity index (χ4v) is 6.58. The average molecular weight is 624 g/mol. The molecule has 2 aliphatic rings. The first kappa shape index (κ1) is 36.3. The molecule has 3 rings (SSSR count). The van der Waals surface area contributed by atoms with Crippen molar-refractivity contribution in [2.75, 3.05) is 20.1 Å². The molecule has 1 aromatic carbocycles. The zero-order chi connectivity index (χ0) is 33.5. The van der Waals surface area contributed by atoms with Gasteiger partial charge in [-0.2, -0.15) is 0 Å². The first-order valence-electron chi connectivity index (χ1n) is 16.8. The molecule has 0 spiro atoms. The quantitative estimate of drug-likeness (QED) is 0.353. The molecule has 0 aromatic heterocycles. The van der Waals surface area contributed by atoms with Gasteiger partial charge >= 0.3 is 0 Å². The number of carbonyl (C=O) groups is 4. The third kappa shape index (κ3) is 9.41. The molecule has 9 nitrogen and oxygen atoms in total. The maximum absolute atomic E-state index is 14.1. The fourth-order valence-electron chi connectivity index (χ4n) is 6.58. The van der Waals surface area contributed by atoms with Gasteiger partial charge in [-0.3, -0.25) is 24.1 Å². The fraction of sp³-hybridized carbons (Fsp3) is 0.667. The van der Waals surface area contributed by atoms with Crippen LogP contribution in [0.1, 0.15) is 93.1 Å². The average Bonchev–Trinajstić information content (AvgIpc) is 3.50. The molecule has 0 bridgehead atoms. The van der Waals surface area contributed by atoms with Crippen molar-refractivity contribution in [3.63, 3.8) is 0 Å². The number of nitrogens with zero attached hydrogens (tertiary/aromatic N) is 3. The summed E-state index contributed by atoms with van der Waals surface area (Å²) in [4.78, 5) is 60.1. The summed E-state index contributed by atoms with van der Waals surface area (Å²) in [6, 6.07) is 8.09. The highest BCUT2D eigenvalue weighted by atomic mass is 16.2. The Balaban J connectivity index is 1.75. The van der Waals surface area contributed by atoms with Crippen LogP contribution in [0, 0.1) is 11.3 Å². The smallest absolute Gasteiger partial charge is 0.249 e. The summed E-state index contributed by atoms with van der Waals surface area (Å²) in [5.74, 6) is -0.610. The lowest BCUT2D eigenvalue weighted by molar-refractivity contribution is -0.142. The van der Waals surface area contributed by atoms with Gasteiger partial charge in [0.15, 0.2) is 0 Å². The van der Waals surface area contributed by atoms with Crippen LogP contribution in [0.2, 0.25) is 0 Å². The van der Waals surface area contributed by atoms with Gasteiger partial charge in [-0.1, -0.05) is 77.4 Å². The number of piperidine rings is 1. The molecule has 250 valence electrons. The second-order valence-corrected chi connectivity index (χ2v) is 14.5. The van der Waals surface area contributed by atoms with Crippen LogP contribution in [0.5, 0.6) is 0 Å². The summed E-state index contributed by atoms with van der Waals surface area (Å²) in [5, 5.41) is 6.13. The van der Waals surface area contributed by atoms with Crippen molar-refractivity contribution in [1.29, 1.82) is 0 Å². The van der Waals surface area contributed by atoms with Crippen molar-refractivity contribution in [1.82, 2.24) is 25.3 Å². The van der Waals surface area contributed by atoms with E-state index < -0.39 is 17.5 Å². The molecule has 0 radical (unpaired) electrons. The number of hydrogen-bond donors (Lipinski definition) is 2. The largest absolute Gasteiger partial charge is 0.350 e. The topological polar surface area (TPSA) is 102 Å². The van der Waals surface area contributed by atoms with Crippen molar-refractivity contribution in [3.8, 4) is 0 Å². The van der Waals surface area contributed by atoms with Gasteiger partial charge in [0, 0.05) is 31.8 Å². The molecular formula is C36H57N5O4. The molecule has 2 N–H and O–H groups in total. The van der Waals surface area contributed by atoms with Gasteiger partial charge in [0.2, 0.25) is 23.6 Å². The minimum Gasteiger partial charge on any atom is -0.350 e. The lowest BCUT2D eigenvalue weighted by Crippen LogP contribution is -2.60. The monoisotopic (exact) mass is 623 g/mol. The highest BCUT2D eigenvalue weighted by Crippen LogP contribution is 2.27. The third-order valence-electron chi connectivity index (χ3n) is 9.27. The molecule has 45 heavy (non-hydrogen) atoms. The van der Waals surface area contributed by atoms with Gasteiger partial charge in [0.25, 0.3) is 0 Å². The number of nitrogens with one attached hydrogen (secondary N) is 2. The molecule has 0 unspecified atom stereocenters. The van der Waals surface area contributed by atoms with E-state index in [4.69, 9.17) is 0 Å². The molecular weight excluding hydrogens is 566 g/mol. The first-order chi connectivity index (χ1) is 21.1. The Morgan fingerprint density at radius 2 is 1.58 bits per heavy atom. The van der Waals surface area contributed by atoms with Crippen LogP contribution in [-0.4, -0.2) is 88.7 Å². The van der Waals surface area contributed by atoms with E-state index in [-0.39, 0.29) is 47.7 Å². The minimum atomic E-state index is -0.729. The Morgan fingerprint density at radius 1 is 0.933 bits per heavy atom. The van der Waals surface area contributed by atoms with Crippen LogP contribution in [0.25, 0.3) is 0 Å². The molecule has 2 heterocycles. The lowest BCUT2D eigenvalue weighted by atomic mass is 9.84. The van der Waals surface area contributed by atoms with E-state index >= 15 is 0 Å². The van der Waals surface area contributed by atoms with Crippen molar-refractivity contribution >= 4 is 23.6 Å². The summed E-state index contributed by atoms with van der Waals surface area (Å²) < 4.78 is 0. The van der Waals surface area contributed by atoms with Crippen molar-refractivity contribution in [3.05, 3.63) is 47.5 Å². The van der Waals surface area contributed by atoms with Gasteiger partial charge in [0.1, 0.15) is 12.1 Å². The van der Waals surface area contributed by atoms with E-state index in [1.54, 1.807) is 23.8 Å². The van der Waals surface area contributed by atoms with Gasteiger partial charge in [0.05, 0.1) is 12.1 Å². The summed E-state index contributed by atoms with van der Waals surface area (Å²) in [5.41, 5.74) is 0.984. The Morgan fingerprint density at radius 3 is 2.18 bits per heavy atom. The SMILES string of the molecule is C/C(=C\[C@H](C(C)C)N(C)C(=O)[C@@H](NC(=O)[C@H]1CCCCN1C(C)C)C(C)(C)C)C(=O)N1CCC[C@H]1C(=O)NCc1ccccc1. The highest BCUT2D eigenvalue weighted by Gasteiger charge is 2.40. The second-order valence-electron chi connectivity index (χ2n) is 14.5. The van der Waals surface area contributed by atoms with Gasteiger partial charge in [-0.25, -0.2) is 0 Å². The van der Waals surface area contributed by atoms with Gasteiger partial charge in [-0.05, 0) is 69.9 Å². The molecule has 9 heteroatoms. The highest BCUT2D eigenvalue weighted by molar-refractivity contribution is 5.97. The molecule has 4 amide bonds. The van der Waals surface area contributed by atoms with E-state index in [1.165, 1.54) is 0 Å². The molecule has 2 saturated heterocycles. The second kappa shape index (κ2) is 15.9. The predicted molar refractivity (Wildman–Crippen MR) is 179 cm³/mol.